The van der Waals surface area contributed by atoms with Crippen molar-refractivity contribution in [3.8, 4) is 0 Å². The number of hydrogen-bond donors (Lipinski definition) is 1. The second-order valence-corrected chi connectivity index (χ2v) is 12.9. The van der Waals surface area contributed by atoms with Gasteiger partial charge in [0.1, 0.15) is 18.4 Å². The van der Waals surface area contributed by atoms with Crippen LogP contribution in [0.4, 0.5) is 10.1 Å². The molecule has 0 saturated carbocycles. The third-order valence-electron chi connectivity index (χ3n) is 6.80. The summed E-state index contributed by atoms with van der Waals surface area (Å²) in [7, 11) is -1.76. The highest BCUT2D eigenvalue weighted by atomic mass is 35.5. The van der Waals surface area contributed by atoms with Crippen LogP contribution in [0.1, 0.15) is 31.4 Å². The summed E-state index contributed by atoms with van der Waals surface area (Å²) in [5.74, 6) is -2.01. The van der Waals surface area contributed by atoms with Gasteiger partial charge in [0, 0.05) is 48.7 Å². The van der Waals surface area contributed by atoms with E-state index in [-0.39, 0.29) is 34.7 Å². The van der Waals surface area contributed by atoms with Crippen LogP contribution in [0.5, 0.6) is 0 Å². The van der Waals surface area contributed by atoms with Gasteiger partial charge >= 0.3 is 10.2 Å². The normalized spacial score (nSPS) is 13.0. The topological polar surface area (TPSA) is 90.0 Å². The predicted octanol–water partition coefficient (Wildman–Crippen LogP) is 5.30. The van der Waals surface area contributed by atoms with Gasteiger partial charge in [-0.25, -0.2) is 8.70 Å². The van der Waals surface area contributed by atoms with E-state index in [9.17, 15) is 22.4 Å². The highest BCUT2D eigenvalue weighted by Gasteiger charge is 2.36. The van der Waals surface area contributed by atoms with Crippen LogP contribution in [0.3, 0.4) is 0 Å². The number of carbonyl (C=O) groups is 2. The number of hydrogen-bond acceptors (Lipinski definition) is 4. The Morgan fingerprint density at radius 3 is 2.10 bits per heavy atom. The minimum absolute atomic E-state index is 0.122. The first-order chi connectivity index (χ1) is 19.9. The molecule has 0 aliphatic carbocycles. The fourth-order valence-corrected chi connectivity index (χ4v) is 5.79. The molecule has 0 fully saturated rings. The number of halogens is 3. The zero-order valence-electron chi connectivity index (χ0n) is 23.9. The summed E-state index contributed by atoms with van der Waals surface area (Å²) in [5.41, 5.74) is 0.854. The van der Waals surface area contributed by atoms with Gasteiger partial charge in [-0.2, -0.15) is 12.7 Å². The van der Waals surface area contributed by atoms with Gasteiger partial charge in [-0.3, -0.25) is 9.59 Å². The number of amides is 2. The molecular formula is C30H35Cl2FN4O4S. The van der Waals surface area contributed by atoms with Gasteiger partial charge in [0.05, 0.1) is 5.69 Å². The number of anilines is 1. The molecule has 0 bridgehead atoms. The molecule has 42 heavy (non-hydrogen) atoms. The first-order valence-corrected chi connectivity index (χ1v) is 15.5. The molecule has 3 aromatic rings. The quantitative estimate of drug-likeness (QED) is 0.276. The highest BCUT2D eigenvalue weighted by molar-refractivity contribution is 7.90. The van der Waals surface area contributed by atoms with Crippen molar-refractivity contribution in [2.45, 2.75) is 45.3 Å². The van der Waals surface area contributed by atoms with E-state index < -0.39 is 40.4 Å². The lowest BCUT2D eigenvalue weighted by molar-refractivity contribution is -0.140. The molecule has 0 radical (unpaired) electrons. The summed E-state index contributed by atoms with van der Waals surface area (Å²) in [6, 6.07) is 18.0. The summed E-state index contributed by atoms with van der Waals surface area (Å²) in [6.07, 6.45) is 0.771. The van der Waals surface area contributed by atoms with Crippen LogP contribution < -0.4 is 9.62 Å². The first kappa shape index (κ1) is 33.3. The van der Waals surface area contributed by atoms with E-state index in [1.54, 1.807) is 18.2 Å². The van der Waals surface area contributed by atoms with Crippen molar-refractivity contribution in [2.75, 3.05) is 24.9 Å². The van der Waals surface area contributed by atoms with E-state index >= 15 is 0 Å². The van der Waals surface area contributed by atoms with Crippen molar-refractivity contribution >= 4 is 50.9 Å². The number of carbonyl (C=O) groups excluding carboxylic acids is 2. The van der Waals surface area contributed by atoms with E-state index in [0.29, 0.717) is 16.3 Å². The Kier molecular flexibility index (Phi) is 11.8. The van der Waals surface area contributed by atoms with Gasteiger partial charge in [-0.05, 0) is 43.2 Å². The fraction of sp³-hybridized carbons (Fsp3) is 0.333. The lowest BCUT2D eigenvalue weighted by atomic mass is 10.0. The van der Waals surface area contributed by atoms with E-state index in [1.807, 2.05) is 44.2 Å². The zero-order chi connectivity index (χ0) is 31.0. The van der Waals surface area contributed by atoms with Crippen LogP contribution in [0.15, 0.2) is 72.8 Å². The van der Waals surface area contributed by atoms with E-state index in [2.05, 4.69) is 5.32 Å². The maximum atomic E-state index is 14.9. The third-order valence-corrected chi connectivity index (χ3v) is 9.32. The molecule has 0 heterocycles. The van der Waals surface area contributed by atoms with E-state index in [1.165, 1.54) is 37.2 Å². The number of para-hydroxylation sites is 1. The molecule has 0 aliphatic rings. The van der Waals surface area contributed by atoms with Crippen LogP contribution >= 0.6 is 23.2 Å². The molecule has 226 valence electrons. The SMILES string of the molecule is CC[C@@H](C)NC(=O)[C@@H](Cc1ccccc1)N(Cc1c(Cl)cccc1Cl)C(=O)CN(c1ccccc1F)S(=O)(=O)N(C)C. The van der Waals surface area contributed by atoms with Crippen molar-refractivity contribution in [1.29, 1.82) is 0 Å². The van der Waals surface area contributed by atoms with Crippen LogP contribution in [-0.4, -0.2) is 62.2 Å². The monoisotopic (exact) mass is 636 g/mol. The van der Waals surface area contributed by atoms with Crippen molar-refractivity contribution < 1.29 is 22.4 Å². The molecule has 0 aromatic heterocycles. The van der Waals surface area contributed by atoms with Crippen molar-refractivity contribution in [3.05, 3.63) is 99.8 Å². The standard InChI is InChI=1S/C30H35Cl2FN4O4S/c1-5-21(2)34-30(39)28(18-22-12-7-6-8-13-22)36(19-23-24(31)14-11-15-25(23)32)29(38)20-37(42(40,41)35(3)4)27-17-10-9-16-26(27)33/h6-17,21,28H,5,18-20H2,1-4H3,(H,34,39)/t21-,28-/m1/s1. The van der Waals surface area contributed by atoms with Gasteiger partial charge in [-0.1, -0.05) is 78.7 Å². The molecule has 8 nitrogen and oxygen atoms in total. The Bertz CT molecular complexity index is 1470. The Balaban J connectivity index is 2.16. The van der Waals surface area contributed by atoms with Gasteiger partial charge in [0.2, 0.25) is 11.8 Å². The number of benzene rings is 3. The average molecular weight is 638 g/mol. The number of nitrogens with zero attached hydrogens (tertiary/aromatic N) is 3. The van der Waals surface area contributed by atoms with Crippen LogP contribution in [0.2, 0.25) is 10.0 Å². The fourth-order valence-electron chi connectivity index (χ4n) is 4.20. The minimum Gasteiger partial charge on any atom is -0.352 e. The molecule has 2 amide bonds. The zero-order valence-corrected chi connectivity index (χ0v) is 26.3. The second kappa shape index (κ2) is 14.8. The molecule has 12 heteroatoms. The van der Waals surface area contributed by atoms with Gasteiger partial charge in [-0.15, -0.1) is 0 Å². The average Bonchev–Trinajstić information content (AvgIpc) is 2.95. The molecule has 3 aromatic carbocycles. The molecule has 0 saturated heterocycles. The molecule has 3 rings (SSSR count). The Morgan fingerprint density at radius 2 is 1.52 bits per heavy atom. The van der Waals surface area contributed by atoms with Crippen LogP contribution in [0, 0.1) is 5.82 Å². The lowest BCUT2D eigenvalue weighted by Gasteiger charge is -2.35. The number of nitrogens with one attached hydrogen (secondary N) is 1. The Hall–Kier alpha value is -3.18. The van der Waals surface area contributed by atoms with Gasteiger partial charge in [0.25, 0.3) is 0 Å². The summed E-state index contributed by atoms with van der Waals surface area (Å²) in [4.78, 5) is 29.3. The summed E-state index contributed by atoms with van der Waals surface area (Å²) in [6.45, 7) is 2.78. The van der Waals surface area contributed by atoms with Crippen molar-refractivity contribution in [2.24, 2.45) is 0 Å². The summed E-state index contributed by atoms with van der Waals surface area (Å²) in [5, 5.41) is 3.49. The predicted molar refractivity (Wildman–Crippen MR) is 165 cm³/mol. The molecule has 1 N–H and O–H groups in total. The largest absolute Gasteiger partial charge is 0.352 e. The third kappa shape index (κ3) is 8.22. The molecule has 0 aliphatic heterocycles. The first-order valence-electron chi connectivity index (χ1n) is 13.4. The molecule has 0 spiro atoms. The maximum Gasteiger partial charge on any atom is 0.304 e. The van der Waals surface area contributed by atoms with Crippen molar-refractivity contribution in [3.63, 3.8) is 0 Å². The summed E-state index contributed by atoms with van der Waals surface area (Å²) < 4.78 is 43.3. The molecular weight excluding hydrogens is 602 g/mol. The highest BCUT2D eigenvalue weighted by Crippen LogP contribution is 2.29. The maximum absolute atomic E-state index is 14.9. The second-order valence-electron chi connectivity index (χ2n) is 9.99. The van der Waals surface area contributed by atoms with Gasteiger partial charge in [0.15, 0.2) is 0 Å². The van der Waals surface area contributed by atoms with Crippen LogP contribution in [0.25, 0.3) is 0 Å². The Morgan fingerprint density at radius 1 is 0.929 bits per heavy atom. The Labute approximate surface area is 257 Å². The van der Waals surface area contributed by atoms with Gasteiger partial charge < -0.3 is 10.2 Å². The molecule has 2 atom stereocenters. The van der Waals surface area contributed by atoms with E-state index in [0.717, 1.165) is 15.9 Å². The minimum atomic E-state index is -4.33. The lowest BCUT2D eigenvalue weighted by Crippen LogP contribution is -2.55. The smallest absolute Gasteiger partial charge is 0.304 e. The molecule has 0 unspecified atom stereocenters. The van der Waals surface area contributed by atoms with Crippen molar-refractivity contribution in [1.82, 2.24) is 14.5 Å². The summed E-state index contributed by atoms with van der Waals surface area (Å²) >= 11 is 13.0. The number of rotatable bonds is 13. The van der Waals surface area contributed by atoms with Crippen LogP contribution in [-0.2, 0) is 32.8 Å². The van der Waals surface area contributed by atoms with E-state index in [4.69, 9.17) is 23.2 Å².